The zero-order chi connectivity index (χ0) is 22.5. The van der Waals surface area contributed by atoms with Crippen LogP contribution >= 0.6 is 11.8 Å². The molecule has 0 unspecified atom stereocenters. The van der Waals surface area contributed by atoms with Crippen LogP contribution in [-0.2, 0) is 5.75 Å². The first-order valence-electron chi connectivity index (χ1n) is 10.2. The Morgan fingerprint density at radius 1 is 0.938 bits per heavy atom. The number of thioether (sulfide) groups is 1. The summed E-state index contributed by atoms with van der Waals surface area (Å²) >= 11 is 1.62. The van der Waals surface area contributed by atoms with Crippen LogP contribution in [0.3, 0.4) is 0 Å². The molecule has 0 spiro atoms. The summed E-state index contributed by atoms with van der Waals surface area (Å²) in [5.41, 5.74) is 4.69. The highest BCUT2D eigenvalue weighted by atomic mass is 32.2. The monoisotopic (exact) mass is 444 g/mol. The Kier molecular flexibility index (Phi) is 6.56. The van der Waals surface area contributed by atoms with Crippen LogP contribution in [0.15, 0.2) is 78.0 Å². The fraction of sp³-hybridized carbons (Fsp3) is 0.160. The summed E-state index contributed by atoms with van der Waals surface area (Å²) in [5, 5.41) is 12.3. The molecule has 0 bridgehead atoms. The lowest BCUT2D eigenvalue weighted by Crippen LogP contribution is -2.11. The fourth-order valence-electron chi connectivity index (χ4n) is 3.21. The van der Waals surface area contributed by atoms with Crippen molar-refractivity contribution in [3.05, 3.63) is 95.3 Å². The van der Waals surface area contributed by atoms with E-state index in [1.54, 1.807) is 18.9 Å². The summed E-state index contributed by atoms with van der Waals surface area (Å²) in [6.07, 6.45) is 0. The maximum absolute atomic E-state index is 12.5. The van der Waals surface area contributed by atoms with Crippen LogP contribution in [-0.4, -0.2) is 27.8 Å². The minimum absolute atomic E-state index is 0.149. The lowest BCUT2D eigenvalue weighted by Gasteiger charge is -2.09. The van der Waals surface area contributed by atoms with E-state index in [0.717, 1.165) is 39.4 Å². The van der Waals surface area contributed by atoms with Gasteiger partial charge in [0.15, 0.2) is 5.16 Å². The van der Waals surface area contributed by atoms with Crippen LogP contribution in [0.5, 0.6) is 5.75 Å². The van der Waals surface area contributed by atoms with Crippen molar-refractivity contribution in [3.63, 3.8) is 0 Å². The predicted octanol–water partition coefficient (Wildman–Crippen LogP) is 5.44. The Hall–Kier alpha value is -3.58. The topological polar surface area (TPSA) is 69.0 Å². The number of carbonyl (C=O) groups is 1. The van der Waals surface area contributed by atoms with Crippen LogP contribution in [0.1, 0.15) is 27.3 Å². The molecule has 0 aliphatic carbocycles. The Morgan fingerprint density at radius 3 is 2.28 bits per heavy atom. The molecule has 7 heteroatoms. The molecule has 3 aromatic carbocycles. The number of methoxy groups -OCH3 is 1. The molecular weight excluding hydrogens is 420 g/mol. The second-order valence-electron chi connectivity index (χ2n) is 7.37. The zero-order valence-corrected chi connectivity index (χ0v) is 19.0. The van der Waals surface area contributed by atoms with E-state index in [2.05, 4.69) is 51.3 Å². The number of hydrogen-bond acceptors (Lipinski definition) is 5. The number of nitrogens with one attached hydrogen (secondary N) is 1. The largest absolute Gasteiger partial charge is 0.497 e. The van der Waals surface area contributed by atoms with Crippen LogP contribution < -0.4 is 10.1 Å². The average molecular weight is 445 g/mol. The van der Waals surface area contributed by atoms with Gasteiger partial charge in [-0.05, 0) is 67.9 Å². The minimum Gasteiger partial charge on any atom is -0.497 e. The predicted molar refractivity (Wildman–Crippen MR) is 128 cm³/mol. The summed E-state index contributed by atoms with van der Waals surface area (Å²) in [4.78, 5) is 12.5. The molecule has 1 heterocycles. The van der Waals surface area contributed by atoms with Gasteiger partial charge in [0.1, 0.15) is 11.6 Å². The molecule has 0 atom stereocenters. The molecule has 0 fully saturated rings. The first-order chi connectivity index (χ1) is 15.5. The van der Waals surface area contributed by atoms with Crippen molar-refractivity contribution in [1.82, 2.24) is 14.8 Å². The normalized spacial score (nSPS) is 10.7. The Morgan fingerprint density at radius 2 is 1.62 bits per heavy atom. The van der Waals surface area contributed by atoms with E-state index >= 15 is 0 Å². The molecule has 0 aliphatic rings. The van der Waals surface area contributed by atoms with Crippen LogP contribution in [0, 0.1) is 13.8 Å². The number of nitrogens with zero attached hydrogens (tertiary/aromatic N) is 3. The molecule has 4 rings (SSSR count). The quantitative estimate of drug-likeness (QED) is 0.385. The van der Waals surface area contributed by atoms with Crippen molar-refractivity contribution in [2.45, 2.75) is 24.8 Å². The third-order valence-electron chi connectivity index (χ3n) is 5.02. The first-order valence-corrected chi connectivity index (χ1v) is 11.2. The van der Waals surface area contributed by atoms with Gasteiger partial charge >= 0.3 is 0 Å². The molecule has 1 amide bonds. The van der Waals surface area contributed by atoms with Gasteiger partial charge in [-0.2, -0.15) is 0 Å². The number of benzene rings is 3. The summed E-state index contributed by atoms with van der Waals surface area (Å²) in [6, 6.07) is 23.2. The number of rotatable bonds is 7. The maximum Gasteiger partial charge on any atom is 0.255 e. The third kappa shape index (κ3) is 5.00. The van der Waals surface area contributed by atoms with Crippen molar-refractivity contribution in [2.24, 2.45) is 0 Å². The van der Waals surface area contributed by atoms with Gasteiger partial charge in [-0.3, -0.25) is 9.36 Å². The third-order valence-corrected chi connectivity index (χ3v) is 6.02. The van der Waals surface area contributed by atoms with Crippen molar-refractivity contribution in [1.29, 1.82) is 0 Å². The average Bonchev–Trinajstić information content (AvgIpc) is 3.19. The summed E-state index contributed by atoms with van der Waals surface area (Å²) in [6.45, 7) is 4.02. The summed E-state index contributed by atoms with van der Waals surface area (Å²) < 4.78 is 7.20. The number of aryl methyl sites for hydroxylation is 2. The van der Waals surface area contributed by atoms with Crippen LogP contribution in [0.4, 0.5) is 5.69 Å². The number of anilines is 1. The van der Waals surface area contributed by atoms with E-state index in [9.17, 15) is 4.79 Å². The lowest BCUT2D eigenvalue weighted by atomic mass is 10.1. The molecule has 0 saturated carbocycles. The van der Waals surface area contributed by atoms with Gasteiger partial charge in [0.2, 0.25) is 0 Å². The van der Waals surface area contributed by atoms with Crippen molar-refractivity contribution < 1.29 is 9.53 Å². The first kappa shape index (κ1) is 21.6. The zero-order valence-electron chi connectivity index (χ0n) is 18.2. The van der Waals surface area contributed by atoms with Gasteiger partial charge < -0.3 is 10.1 Å². The highest BCUT2D eigenvalue weighted by molar-refractivity contribution is 7.98. The summed E-state index contributed by atoms with van der Waals surface area (Å²) in [5.74, 6) is 2.17. The molecule has 4 aromatic rings. The molecule has 1 aromatic heterocycles. The van der Waals surface area contributed by atoms with Gasteiger partial charge in [0.25, 0.3) is 5.91 Å². The molecule has 0 aliphatic heterocycles. The van der Waals surface area contributed by atoms with Gasteiger partial charge in [0.05, 0.1) is 7.11 Å². The fourth-order valence-corrected chi connectivity index (χ4v) is 4.16. The van der Waals surface area contributed by atoms with Crippen LogP contribution in [0.25, 0.3) is 5.69 Å². The standard InChI is InChI=1S/C25H24N4O2S/c1-17-4-12-22(13-5-17)29-18(2)27-28-25(29)32-16-19-6-8-20(9-7-19)24(30)26-21-10-14-23(31-3)15-11-21/h4-15H,16H2,1-3H3,(H,26,30). The van der Waals surface area contributed by atoms with Crippen molar-refractivity contribution in [3.8, 4) is 11.4 Å². The van der Waals surface area contributed by atoms with Gasteiger partial charge in [-0.15, -0.1) is 10.2 Å². The highest BCUT2D eigenvalue weighted by Gasteiger charge is 2.12. The molecule has 162 valence electrons. The molecule has 0 radical (unpaired) electrons. The van der Waals surface area contributed by atoms with Gasteiger partial charge in [0, 0.05) is 22.7 Å². The number of carbonyl (C=O) groups excluding carboxylic acids is 1. The van der Waals surface area contributed by atoms with Gasteiger partial charge in [-0.25, -0.2) is 0 Å². The second kappa shape index (κ2) is 9.70. The smallest absolute Gasteiger partial charge is 0.255 e. The minimum atomic E-state index is -0.149. The second-order valence-corrected chi connectivity index (χ2v) is 8.31. The van der Waals surface area contributed by atoms with Crippen molar-refractivity contribution >= 4 is 23.4 Å². The molecule has 0 saturated heterocycles. The number of amides is 1. The summed E-state index contributed by atoms with van der Waals surface area (Å²) in [7, 11) is 1.61. The van der Waals surface area contributed by atoms with Crippen LogP contribution in [0.2, 0.25) is 0 Å². The van der Waals surface area contributed by atoms with E-state index in [-0.39, 0.29) is 5.91 Å². The number of aromatic nitrogens is 3. The van der Waals surface area contributed by atoms with E-state index in [1.807, 2.05) is 55.5 Å². The lowest BCUT2D eigenvalue weighted by molar-refractivity contribution is 0.102. The number of hydrogen-bond donors (Lipinski definition) is 1. The Labute approximate surface area is 191 Å². The van der Waals surface area contributed by atoms with Crippen molar-refractivity contribution in [2.75, 3.05) is 12.4 Å². The van der Waals surface area contributed by atoms with E-state index in [0.29, 0.717) is 5.56 Å². The Balaban J connectivity index is 1.40. The van der Waals surface area contributed by atoms with E-state index in [1.165, 1.54) is 5.56 Å². The van der Waals surface area contributed by atoms with Gasteiger partial charge in [-0.1, -0.05) is 41.6 Å². The highest BCUT2D eigenvalue weighted by Crippen LogP contribution is 2.25. The maximum atomic E-state index is 12.5. The van der Waals surface area contributed by atoms with E-state index < -0.39 is 0 Å². The molecule has 32 heavy (non-hydrogen) atoms. The Bertz CT molecular complexity index is 1200. The molecule has 6 nitrogen and oxygen atoms in total. The SMILES string of the molecule is COc1ccc(NC(=O)c2ccc(CSc3nnc(C)n3-c3ccc(C)cc3)cc2)cc1. The molecular formula is C25H24N4O2S. The van der Waals surface area contributed by atoms with E-state index in [4.69, 9.17) is 4.74 Å². The number of ether oxygens (including phenoxy) is 1. The molecule has 1 N–H and O–H groups in total.